The van der Waals surface area contributed by atoms with Gasteiger partial charge in [-0.1, -0.05) is 34.1 Å². The average Bonchev–Trinajstić information content (AvgIpc) is 3.10. The van der Waals surface area contributed by atoms with Crippen LogP contribution in [0.5, 0.6) is 11.6 Å². The zero-order valence-corrected chi connectivity index (χ0v) is 19.8. The van der Waals surface area contributed by atoms with Gasteiger partial charge in [-0.3, -0.25) is 9.59 Å². The second kappa shape index (κ2) is 10.3. The van der Waals surface area contributed by atoms with Gasteiger partial charge < -0.3 is 19.7 Å². The first-order chi connectivity index (χ1) is 16.5. The van der Waals surface area contributed by atoms with Crippen molar-refractivity contribution < 1.29 is 19.4 Å². The molecular formula is C25H21BrN4O4. The van der Waals surface area contributed by atoms with E-state index >= 15 is 0 Å². The molecule has 0 spiro atoms. The van der Waals surface area contributed by atoms with Gasteiger partial charge in [0.15, 0.2) is 5.69 Å². The molecule has 1 aromatic heterocycles. The number of azo groups is 1. The molecule has 3 aromatic carbocycles. The molecule has 0 saturated carbocycles. The van der Waals surface area contributed by atoms with Crippen molar-refractivity contribution in [3.8, 4) is 11.6 Å². The Kier molecular flexibility index (Phi) is 7.03. The second-order valence-corrected chi connectivity index (χ2v) is 8.21. The van der Waals surface area contributed by atoms with E-state index in [0.29, 0.717) is 34.5 Å². The molecule has 4 rings (SSSR count). The molecule has 0 fully saturated rings. The van der Waals surface area contributed by atoms with E-state index in [-0.39, 0.29) is 24.0 Å². The van der Waals surface area contributed by atoms with Gasteiger partial charge in [-0.05, 0) is 61.5 Å². The minimum absolute atomic E-state index is 0.120. The Morgan fingerprint density at radius 1 is 1.03 bits per heavy atom. The third kappa shape index (κ3) is 5.15. The van der Waals surface area contributed by atoms with Crippen molar-refractivity contribution in [3.63, 3.8) is 0 Å². The number of benzene rings is 3. The fourth-order valence-corrected chi connectivity index (χ4v) is 3.69. The third-order valence-electron chi connectivity index (χ3n) is 5.00. The lowest BCUT2D eigenvalue weighted by atomic mass is 10.2. The summed E-state index contributed by atoms with van der Waals surface area (Å²) in [5.41, 5.74) is 1.68. The Labute approximate surface area is 204 Å². The molecule has 34 heavy (non-hydrogen) atoms. The molecule has 0 bridgehead atoms. The Hall–Kier alpha value is -3.98. The number of halogens is 1. The summed E-state index contributed by atoms with van der Waals surface area (Å²) in [5.74, 6) is -0.427. The lowest BCUT2D eigenvalue weighted by Crippen LogP contribution is -2.18. The highest BCUT2D eigenvalue weighted by molar-refractivity contribution is 9.10. The van der Waals surface area contributed by atoms with E-state index < -0.39 is 5.91 Å². The SMILES string of the molecule is CCOc1ccc(NC(=O)Cn2c(O)c(N=NC(=O)c3ccc(Br)cc3)c3ccccc32)cc1. The number of aromatic nitrogens is 1. The Morgan fingerprint density at radius 2 is 1.74 bits per heavy atom. The minimum atomic E-state index is -0.544. The summed E-state index contributed by atoms with van der Waals surface area (Å²) in [5, 5.41) is 22.0. The maximum atomic E-state index is 12.7. The number of rotatable bonds is 7. The molecule has 0 radical (unpaired) electrons. The highest BCUT2D eigenvalue weighted by atomic mass is 79.9. The fourth-order valence-electron chi connectivity index (χ4n) is 3.42. The molecule has 8 nitrogen and oxygen atoms in total. The summed E-state index contributed by atoms with van der Waals surface area (Å²) in [6, 6.07) is 20.8. The fraction of sp³-hybridized carbons (Fsp3) is 0.120. The number of hydrogen-bond donors (Lipinski definition) is 2. The highest BCUT2D eigenvalue weighted by Crippen LogP contribution is 2.38. The zero-order valence-electron chi connectivity index (χ0n) is 18.2. The number of ether oxygens (including phenoxy) is 1. The van der Waals surface area contributed by atoms with Gasteiger partial charge in [0, 0.05) is 21.1 Å². The van der Waals surface area contributed by atoms with Gasteiger partial charge in [-0.25, -0.2) is 0 Å². The standard InChI is InChI=1S/C25H21BrN4O4/c1-2-34-19-13-11-18(12-14-19)27-22(31)15-30-21-6-4-3-5-20(21)23(25(30)33)28-29-24(32)16-7-9-17(26)10-8-16/h3-14,33H,2,15H2,1H3,(H,27,31). The molecule has 172 valence electrons. The molecule has 0 unspecified atom stereocenters. The molecule has 2 N–H and O–H groups in total. The number of carbonyl (C=O) groups excluding carboxylic acids is 2. The maximum Gasteiger partial charge on any atom is 0.295 e. The van der Waals surface area contributed by atoms with E-state index in [4.69, 9.17) is 4.74 Å². The second-order valence-electron chi connectivity index (χ2n) is 7.29. The van der Waals surface area contributed by atoms with E-state index in [1.165, 1.54) is 4.57 Å². The maximum absolute atomic E-state index is 12.7. The van der Waals surface area contributed by atoms with E-state index in [0.717, 1.165) is 4.47 Å². The molecule has 0 atom stereocenters. The van der Waals surface area contributed by atoms with Crippen molar-refractivity contribution in [3.05, 3.63) is 82.8 Å². The topological polar surface area (TPSA) is 105 Å². The molecule has 0 saturated heterocycles. The first-order valence-corrected chi connectivity index (χ1v) is 11.3. The number of nitrogens with one attached hydrogen (secondary N) is 1. The van der Waals surface area contributed by atoms with Crippen LogP contribution in [0.1, 0.15) is 17.3 Å². The van der Waals surface area contributed by atoms with Crippen LogP contribution in [0.2, 0.25) is 0 Å². The number of para-hydroxylation sites is 1. The number of hydrogen-bond acceptors (Lipinski definition) is 5. The molecule has 0 aliphatic heterocycles. The molecule has 1 heterocycles. The van der Waals surface area contributed by atoms with Crippen molar-refractivity contribution in [2.75, 3.05) is 11.9 Å². The van der Waals surface area contributed by atoms with Crippen LogP contribution in [-0.4, -0.2) is 28.1 Å². The smallest absolute Gasteiger partial charge is 0.295 e. The van der Waals surface area contributed by atoms with Crippen LogP contribution in [0, 0.1) is 0 Å². The van der Waals surface area contributed by atoms with Crippen molar-refractivity contribution in [1.29, 1.82) is 0 Å². The van der Waals surface area contributed by atoms with Gasteiger partial charge in [0.1, 0.15) is 12.3 Å². The van der Waals surface area contributed by atoms with Gasteiger partial charge in [-0.2, -0.15) is 0 Å². The van der Waals surface area contributed by atoms with Gasteiger partial charge in [-0.15, -0.1) is 10.2 Å². The first kappa shape index (κ1) is 23.2. The van der Waals surface area contributed by atoms with Crippen molar-refractivity contribution in [2.45, 2.75) is 13.5 Å². The summed E-state index contributed by atoms with van der Waals surface area (Å²) >= 11 is 3.32. The van der Waals surface area contributed by atoms with Gasteiger partial charge in [0.25, 0.3) is 5.91 Å². The summed E-state index contributed by atoms with van der Waals surface area (Å²) in [6.45, 7) is 2.30. The zero-order chi connectivity index (χ0) is 24.1. The molecule has 9 heteroatoms. The minimum Gasteiger partial charge on any atom is -0.494 e. The summed E-state index contributed by atoms with van der Waals surface area (Å²) in [7, 11) is 0. The van der Waals surface area contributed by atoms with E-state index in [2.05, 4.69) is 31.5 Å². The quantitative estimate of drug-likeness (QED) is 0.288. The predicted octanol–water partition coefficient (Wildman–Crippen LogP) is 6.07. The van der Waals surface area contributed by atoms with Crippen LogP contribution < -0.4 is 10.1 Å². The molecule has 2 amide bonds. The van der Waals surface area contributed by atoms with Crippen molar-refractivity contribution in [2.24, 2.45) is 10.2 Å². The third-order valence-corrected chi connectivity index (χ3v) is 5.53. The van der Waals surface area contributed by atoms with Crippen molar-refractivity contribution in [1.82, 2.24) is 4.57 Å². The number of aromatic hydroxyl groups is 1. The predicted molar refractivity (Wildman–Crippen MR) is 133 cm³/mol. The average molecular weight is 521 g/mol. The van der Waals surface area contributed by atoms with Gasteiger partial charge in [0.2, 0.25) is 11.8 Å². The first-order valence-electron chi connectivity index (χ1n) is 10.5. The highest BCUT2D eigenvalue weighted by Gasteiger charge is 2.19. The van der Waals surface area contributed by atoms with Crippen LogP contribution in [0.3, 0.4) is 0 Å². The van der Waals surface area contributed by atoms with Crippen LogP contribution in [0.25, 0.3) is 10.9 Å². The number of carbonyl (C=O) groups is 2. The lowest BCUT2D eigenvalue weighted by molar-refractivity contribution is -0.116. The van der Waals surface area contributed by atoms with E-state index in [1.54, 1.807) is 72.8 Å². The monoisotopic (exact) mass is 520 g/mol. The summed E-state index contributed by atoms with van der Waals surface area (Å²) in [6.07, 6.45) is 0. The molecular weight excluding hydrogens is 500 g/mol. The normalized spacial score (nSPS) is 11.1. The number of anilines is 1. The molecule has 0 aliphatic carbocycles. The van der Waals surface area contributed by atoms with E-state index in [9.17, 15) is 14.7 Å². The lowest BCUT2D eigenvalue weighted by Gasteiger charge is -2.09. The Morgan fingerprint density at radius 3 is 2.44 bits per heavy atom. The number of amides is 2. The summed E-state index contributed by atoms with van der Waals surface area (Å²) in [4.78, 5) is 25.1. The largest absolute Gasteiger partial charge is 0.494 e. The molecule has 4 aromatic rings. The van der Waals surface area contributed by atoms with Crippen LogP contribution in [0.4, 0.5) is 11.4 Å². The molecule has 0 aliphatic rings. The van der Waals surface area contributed by atoms with E-state index in [1.807, 2.05) is 6.92 Å². The van der Waals surface area contributed by atoms with Crippen LogP contribution in [0.15, 0.2) is 87.5 Å². The van der Waals surface area contributed by atoms with Gasteiger partial charge in [0.05, 0.1) is 12.1 Å². The van der Waals surface area contributed by atoms with Crippen LogP contribution in [-0.2, 0) is 11.3 Å². The van der Waals surface area contributed by atoms with Gasteiger partial charge >= 0.3 is 0 Å². The summed E-state index contributed by atoms with van der Waals surface area (Å²) < 4.78 is 7.67. The number of nitrogens with zero attached hydrogens (tertiary/aromatic N) is 3. The number of fused-ring (bicyclic) bond motifs is 1. The van der Waals surface area contributed by atoms with Crippen molar-refractivity contribution >= 4 is 50.0 Å². The Balaban J connectivity index is 1.56. The van der Waals surface area contributed by atoms with Crippen LogP contribution >= 0.6 is 15.9 Å². The Bertz CT molecular complexity index is 1360.